The number of hydrogen-bond acceptors (Lipinski definition) is 6. The number of ether oxygens (including phenoxy) is 2. The van der Waals surface area contributed by atoms with Gasteiger partial charge in [0.05, 0.1) is 24.4 Å². The summed E-state index contributed by atoms with van der Waals surface area (Å²) in [5.74, 6) is -0.381. The summed E-state index contributed by atoms with van der Waals surface area (Å²) in [5.41, 5.74) is 1.09. The van der Waals surface area contributed by atoms with E-state index in [0.717, 1.165) is 23.5 Å². The van der Waals surface area contributed by atoms with E-state index < -0.39 is 0 Å². The average molecular weight is 367 g/mol. The van der Waals surface area contributed by atoms with Gasteiger partial charge in [0.2, 0.25) is 0 Å². The molecule has 0 spiro atoms. The molecule has 2 amide bonds. The summed E-state index contributed by atoms with van der Waals surface area (Å²) in [6, 6.07) is -0.175. The Kier molecular flexibility index (Phi) is 5.31. The van der Waals surface area contributed by atoms with Crippen LogP contribution in [-0.2, 0) is 22.5 Å². The van der Waals surface area contributed by atoms with Crippen molar-refractivity contribution in [2.24, 2.45) is 0 Å². The van der Waals surface area contributed by atoms with Gasteiger partial charge in [0, 0.05) is 37.5 Å². The summed E-state index contributed by atoms with van der Waals surface area (Å²) in [7, 11) is 0. The standard InChI is InChI=1S/C17H25N3O4S/c1-4-23-15(21)13-11-9-17(2,3)24-10-12(11)25-14(13)19-16(22)20-7-5-18-6-8-20/h18H,4-10H2,1-3H3,(H,19,22). The van der Waals surface area contributed by atoms with Gasteiger partial charge in [0.25, 0.3) is 0 Å². The second-order valence-corrected chi connectivity index (χ2v) is 7.93. The fraction of sp³-hybridized carbons (Fsp3) is 0.647. The molecule has 0 aliphatic carbocycles. The Morgan fingerprint density at radius 2 is 2.08 bits per heavy atom. The van der Waals surface area contributed by atoms with Gasteiger partial charge in [-0.25, -0.2) is 9.59 Å². The van der Waals surface area contributed by atoms with Crippen molar-refractivity contribution in [2.45, 2.75) is 39.4 Å². The van der Waals surface area contributed by atoms with Crippen LogP contribution >= 0.6 is 11.3 Å². The lowest BCUT2D eigenvalue weighted by Crippen LogP contribution is -2.48. The summed E-state index contributed by atoms with van der Waals surface area (Å²) >= 11 is 1.41. The van der Waals surface area contributed by atoms with Crippen LogP contribution in [0.5, 0.6) is 0 Å². The lowest BCUT2D eigenvalue weighted by atomic mass is 9.93. The first-order valence-electron chi connectivity index (χ1n) is 8.63. The number of fused-ring (bicyclic) bond motifs is 1. The van der Waals surface area contributed by atoms with Gasteiger partial charge in [0.1, 0.15) is 5.00 Å². The minimum atomic E-state index is -0.381. The number of rotatable bonds is 3. The molecule has 138 valence electrons. The molecule has 1 aromatic heterocycles. The van der Waals surface area contributed by atoms with Crippen LogP contribution in [-0.4, -0.2) is 55.3 Å². The van der Waals surface area contributed by atoms with Crippen molar-refractivity contribution in [3.8, 4) is 0 Å². The third kappa shape index (κ3) is 3.96. The fourth-order valence-electron chi connectivity index (χ4n) is 3.10. The molecule has 2 aliphatic rings. The van der Waals surface area contributed by atoms with Crippen LogP contribution in [0.15, 0.2) is 0 Å². The van der Waals surface area contributed by atoms with E-state index in [1.54, 1.807) is 11.8 Å². The first-order valence-corrected chi connectivity index (χ1v) is 9.45. The molecule has 0 radical (unpaired) electrons. The van der Waals surface area contributed by atoms with Crippen molar-refractivity contribution in [3.63, 3.8) is 0 Å². The van der Waals surface area contributed by atoms with Crippen molar-refractivity contribution in [3.05, 3.63) is 16.0 Å². The lowest BCUT2D eigenvalue weighted by Gasteiger charge is -2.30. The van der Waals surface area contributed by atoms with Crippen LogP contribution in [0.2, 0.25) is 0 Å². The molecule has 7 nitrogen and oxygen atoms in total. The predicted molar refractivity (Wildman–Crippen MR) is 96.3 cm³/mol. The number of nitrogens with zero attached hydrogens (tertiary/aromatic N) is 1. The third-order valence-corrected chi connectivity index (χ3v) is 5.51. The SMILES string of the molecule is CCOC(=O)c1c(NC(=O)N2CCNCC2)sc2c1CC(C)(C)OC2. The molecule has 0 saturated carbocycles. The second kappa shape index (κ2) is 7.31. The molecule has 1 fully saturated rings. The highest BCUT2D eigenvalue weighted by atomic mass is 32.1. The van der Waals surface area contributed by atoms with E-state index >= 15 is 0 Å². The number of esters is 1. The number of anilines is 1. The van der Waals surface area contributed by atoms with Crippen LogP contribution in [0.1, 0.15) is 41.6 Å². The molecule has 0 aromatic carbocycles. The Hall–Kier alpha value is -1.64. The molecule has 0 unspecified atom stereocenters. The Balaban J connectivity index is 1.88. The second-order valence-electron chi connectivity index (χ2n) is 6.82. The highest BCUT2D eigenvalue weighted by Crippen LogP contribution is 2.40. The monoisotopic (exact) mass is 367 g/mol. The summed E-state index contributed by atoms with van der Waals surface area (Å²) in [5, 5.41) is 6.71. The summed E-state index contributed by atoms with van der Waals surface area (Å²) in [4.78, 5) is 27.8. The van der Waals surface area contributed by atoms with E-state index in [4.69, 9.17) is 9.47 Å². The maximum Gasteiger partial charge on any atom is 0.341 e. The smallest absolute Gasteiger partial charge is 0.341 e. The number of carbonyl (C=O) groups is 2. The first kappa shape index (κ1) is 18.2. The molecule has 1 saturated heterocycles. The summed E-state index contributed by atoms with van der Waals surface area (Å²) in [6.07, 6.45) is 0.622. The van der Waals surface area contributed by atoms with E-state index in [1.807, 2.05) is 13.8 Å². The van der Waals surface area contributed by atoms with E-state index in [9.17, 15) is 9.59 Å². The number of nitrogens with one attached hydrogen (secondary N) is 2. The highest BCUT2D eigenvalue weighted by molar-refractivity contribution is 7.17. The maximum absolute atomic E-state index is 12.6. The molecule has 25 heavy (non-hydrogen) atoms. The van der Waals surface area contributed by atoms with Crippen LogP contribution in [0.3, 0.4) is 0 Å². The molecule has 2 N–H and O–H groups in total. The van der Waals surface area contributed by atoms with Gasteiger partial charge in [-0.3, -0.25) is 5.32 Å². The largest absolute Gasteiger partial charge is 0.462 e. The van der Waals surface area contributed by atoms with E-state index in [1.165, 1.54) is 11.3 Å². The quantitative estimate of drug-likeness (QED) is 0.801. The molecular formula is C17H25N3O4S. The van der Waals surface area contributed by atoms with Crippen LogP contribution < -0.4 is 10.6 Å². The number of urea groups is 1. The van der Waals surface area contributed by atoms with Crippen molar-refractivity contribution < 1.29 is 19.1 Å². The summed E-state index contributed by atoms with van der Waals surface area (Å²) < 4.78 is 11.1. The van der Waals surface area contributed by atoms with E-state index in [2.05, 4.69) is 10.6 Å². The normalized spacial score (nSPS) is 19.2. The van der Waals surface area contributed by atoms with Gasteiger partial charge in [-0.15, -0.1) is 11.3 Å². The first-order chi connectivity index (χ1) is 11.9. The average Bonchev–Trinajstić information content (AvgIpc) is 2.91. The molecule has 0 atom stereocenters. The number of carbonyl (C=O) groups excluding carboxylic acids is 2. The van der Waals surface area contributed by atoms with Gasteiger partial charge in [-0.1, -0.05) is 0 Å². The van der Waals surface area contributed by atoms with Gasteiger partial charge < -0.3 is 19.7 Å². The van der Waals surface area contributed by atoms with Crippen LogP contribution in [0.4, 0.5) is 9.80 Å². The summed E-state index contributed by atoms with van der Waals surface area (Å²) in [6.45, 7) is 9.40. The minimum Gasteiger partial charge on any atom is -0.462 e. The van der Waals surface area contributed by atoms with Gasteiger partial charge in [-0.2, -0.15) is 0 Å². The highest BCUT2D eigenvalue weighted by Gasteiger charge is 2.34. The Morgan fingerprint density at radius 1 is 1.36 bits per heavy atom. The zero-order valence-electron chi connectivity index (χ0n) is 14.9. The molecule has 0 bridgehead atoms. The minimum absolute atomic E-state index is 0.175. The predicted octanol–water partition coefficient (Wildman–Crippen LogP) is 2.21. The fourth-order valence-corrected chi connectivity index (χ4v) is 4.21. The topological polar surface area (TPSA) is 79.9 Å². The molecule has 3 rings (SSSR count). The van der Waals surface area contributed by atoms with Gasteiger partial charge in [0.15, 0.2) is 0 Å². The van der Waals surface area contributed by atoms with Crippen LogP contribution in [0.25, 0.3) is 0 Å². The number of piperazine rings is 1. The van der Waals surface area contributed by atoms with Crippen molar-refractivity contribution in [1.82, 2.24) is 10.2 Å². The van der Waals surface area contributed by atoms with Gasteiger partial charge in [-0.05, 0) is 26.3 Å². The molecular weight excluding hydrogens is 342 g/mol. The van der Waals surface area contributed by atoms with Crippen molar-refractivity contribution in [2.75, 3.05) is 38.1 Å². The molecule has 8 heteroatoms. The Morgan fingerprint density at radius 3 is 2.76 bits per heavy atom. The Bertz CT molecular complexity index is 665. The van der Waals surface area contributed by atoms with E-state index in [-0.39, 0.29) is 17.6 Å². The number of thiophene rings is 1. The Labute approximate surface area is 151 Å². The molecule has 2 aliphatic heterocycles. The van der Waals surface area contributed by atoms with Gasteiger partial charge >= 0.3 is 12.0 Å². The van der Waals surface area contributed by atoms with Crippen molar-refractivity contribution >= 4 is 28.3 Å². The lowest BCUT2D eigenvalue weighted by molar-refractivity contribution is -0.0384. The maximum atomic E-state index is 12.6. The molecule has 3 heterocycles. The number of amides is 2. The third-order valence-electron chi connectivity index (χ3n) is 4.39. The molecule has 1 aromatic rings. The zero-order chi connectivity index (χ0) is 18.0. The van der Waals surface area contributed by atoms with Crippen molar-refractivity contribution in [1.29, 1.82) is 0 Å². The number of hydrogen-bond donors (Lipinski definition) is 2. The van der Waals surface area contributed by atoms with E-state index in [0.29, 0.717) is 43.3 Å². The van der Waals surface area contributed by atoms with Crippen LogP contribution in [0, 0.1) is 0 Å². The zero-order valence-corrected chi connectivity index (χ0v) is 15.8.